The Morgan fingerprint density at radius 3 is 2.67 bits per heavy atom. The van der Waals surface area contributed by atoms with Crippen molar-refractivity contribution in [2.24, 2.45) is 11.0 Å². The van der Waals surface area contributed by atoms with Crippen LogP contribution in [0.15, 0.2) is 16.8 Å². The van der Waals surface area contributed by atoms with Crippen molar-refractivity contribution < 1.29 is 4.79 Å². The van der Waals surface area contributed by atoms with Crippen LogP contribution in [-0.2, 0) is 4.79 Å². The van der Waals surface area contributed by atoms with Crippen LogP contribution in [0, 0.1) is 5.92 Å². The number of allylic oxidation sites excluding steroid dienone is 2. The largest absolute Gasteiger partial charge is 0.298 e. The Bertz CT molecular complexity index is 284. The number of rotatable bonds is 4. The zero-order chi connectivity index (χ0) is 11.1. The molecular formula is C11H17N3O. The van der Waals surface area contributed by atoms with Crippen molar-refractivity contribution in [3.8, 4) is 0 Å². The van der Waals surface area contributed by atoms with E-state index in [1.165, 1.54) is 0 Å². The van der Waals surface area contributed by atoms with Crippen molar-refractivity contribution in [2.45, 2.75) is 45.1 Å². The Morgan fingerprint density at radius 2 is 2.13 bits per heavy atom. The third-order valence-electron chi connectivity index (χ3n) is 2.99. The van der Waals surface area contributed by atoms with Crippen LogP contribution in [0.25, 0.3) is 10.4 Å². The van der Waals surface area contributed by atoms with Gasteiger partial charge < -0.3 is 0 Å². The number of aldehydes is 1. The van der Waals surface area contributed by atoms with Gasteiger partial charge in [-0.1, -0.05) is 11.2 Å². The highest BCUT2D eigenvalue weighted by Gasteiger charge is 2.19. The van der Waals surface area contributed by atoms with Gasteiger partial charge in [0.05, 0.1) is 0 Å². The van der Waals surface area contributed by atoms with E-state index in [9.17, 15) is 4.79 Å². The highest BCUT2D eigenvalue weighted by Crippen LogP contribution is 2.29. The lowest BCUT2D eigenvalue weighted by Crippen LogP contribution is -2.16. The molecule has 0 N–H and O–H groups in total. The highest BCUT2D eigenvalue weighted by molar-refractivity contribution is 5.71. The Balaban J connectivity index is 2.31. The van der Waals surface area contributed by atoms with E-state index < -0.39 is 0 Å². The van der Waals surface area contributed by atoms with Gasteiger partial charge in [-0.2, -0.15) is 0 Å². The monoisotopic (exact) mass is 207 g/mol. The minimum atomic E-state index is 0.197. The lowest BCUT2D eigenvalue weighted by Gasteiger charge is -2.24. The van der Waals surface area contributed by atoms with Gasteiger partial charge >= 0.3 is 0 Å². The molecular weight excluding hydrogens is 190 g/mol. The summed E-state index contributed by atoms with van der Waals surface area (Å²) in [4.78, 5) is 13.2. The molecule has 0 bridgehead atoms. The van der Waals surface area contributed by atoms with Crippen LogP contribution in [-0.4, -0.2) is 12.3 Å². The fourth-order valence-corrected chi connectivity index (χ4v) is 1.97. The van der Waals surface area contributed by atoms with Gasteiger partial charge in [-0.25, -0.2) is 0 Å². The lowest BCUT2D eigenvalue weighted by atomic mass is 9.84. The third kappa shape index (κ3) is 4.17. The first-order valence-electron chi connectivity index (χ1n) is 5.42. The maximum absolute atomic E-state index is 10.4. The van der Waals surface area contributed by atoms with E-state index in [-0.39, 0.29) is 6.04 Å². The summed E-state index contributed by atoms with van der Waals surface area (Å²) in [6.45, 7) is 1.83. The van der Waals surface area contributed by atoms with E-state index in [0.29, 0.717) is 5.92 Å². The SMILES string of the molecule is C/C(C=O)=C\CC1CCC(N=[N+]=[N-])CC1. The van der Waals surface area contributed by atoms with Crippen molar-refractivity contribution in [3.63, 3.8) is 0 Å². The molecule has 4 heteroatoms. The lowest BCUT2D eigenvalue weighted by molar-refractivity contribution is -0.104. The van der Waals surface area contributed by atoms with Crippen LogP contribution in [0.5, 0.6) is 0 Å². The fraction of sp³-hybridized carbons (Fsp3) is 0.727. The number of carbonyl (C=O) groups excluding carboxylic acids is 1. The summed E-state index contributed by atoms with van der Waals surface area (Å²) in [5.41, 5.74) is 9.11. The number of nitrogens with zero attached hydrogens (tertiary/aromatic N) is 3. The molecule has 0 radical (unpaired) electrons. The fourth-order valence-electron chi connectivity index (χ4n) is 1.97. The number of azide groups is 1. The van der Waals surface area contributed by atoms with E-state index in [2.05, 4.69) is 10.0 Å². The molecule has 0 aromatic rings. The zero-order valence-corrected chi connectivity index (χ0v) is 9.09. The maximum atomic E-state index is 10.4. The summed E-state index contributed by atoms with van der Waals surface area (Å²) < 4.78 is 0. The van der Waals surface area contributed by atoms with Crippen molar-refractivity contribution >= 4 is 6.29 Å². The molecule has 0 heterocycles. The van der Waals surface area contributed by atoms with Gasteiger partial charge in [-0.3, -0.25) is 4.79 Å². The van der Waals surface area contributed by atoms with E-state index >= 15 is 0 Å². The quantitative estimate of drug-likeness (QED) is 0.229. The number of hydrogen-bond donors (Lipinski definition) is 0. The highest BCUT2D eigenvalue weighted by atomic mass is 16.1. The molecule has 1 rings (SSSR count). The van der Waals surface area contributed by atoms with Crippen molar-refractivity contribution in [1.82, 2.24) is 0 Å². The molecule has 1 aliphatic rings. The Morgan fingerprint density at radius 1 is 1.47 bits per heavy atom. The summed E-state index contributed by atoms with van der Waals surface area (Å²) in [5, 5.41) is 3.74. The van der Waals surface area contributed by atoms with Crippen LogP contribution in [0.1, 0.15) is 39.0 Å². The van der Waals surface area contributed by atoms with Gasteiger partial charge in [0.25, 0.3) is 0 Å². The number of hydrogen-bond acceptors (Lipinski definition) is 2. The molecule has 0 amide bonds. The first kappa shape index (κ1) is 11.8. The van der Waals surface area contributed by atoms with Gasteiger partial charge in [-0.05, 0) is 56.0 Å². The van der Waals surface area contributed by atoms with Crippen molar-refractivity contribution in [3.05, 3.63) is 22.1 Å². The van der Waals surface area contributed by atoms with Gasteiger partial charge in [0.15, 0.2) is 0 Å². The summed E-state index contributed by atoms with van der Waals surface area (Å²) >= 11 is 0. The first-order valence-corrected chi connectivity index (χ1v) is 5.42. The average Bonchev–Trinajstić information content (AvgIpc) is 2.28. The number of carbonyl (C=O) groups is 1. The summed E-state index contributed by atoms with van der Waals surface area (Å²) in [6, 6.07) is 0.197. The van der Waals surface area contributed by atoms with Crippen LogP contribution in [0.2, 0.25) is 0 Å². The molecule has 0 aromatic carbocycles. The molecule has 1 fully saturated rings. The van der Waals surface area contributed by atoms with Crippen LogP contribution >= 0.6 is 0 Å². The van der Waals surface area contributed by atoms with E-state index in [0.717, 1.165) is 44.0 Å². The van der Waals surface area contributed by atoms with Crippen LogP contribution in [0.4, 0.5) is 0 Å². The minimum Gasteiger partial charge on any atom is -0.298 e. The second-order valence-corrected chi connectivity index (χ2v) is 4.18. The molecule has 0 aromatic heterocycles. The van der Waals surface area contributed by atoms with Crippen LogP contribution in [0.3, 0.4) is 0 Å². The predicted molar refractivity (Wildman–Crippen MR) is 59.3 cm³/mol. The van der Waals surface area contributed by atoms with Gasteiger partial charge in [0, 0.05) is 11.0 Å². The molecule has 0 aliphatic heterocycles. The Kier molecular flexibility index (Phi) is 4.91. The van der Waals surface area contributed by atoms with Crippen molar-refractivity contribution in [2.75, 3.05) is 0 Å². The summed E-state index contributed by atoms with van der Waals surface area (Å²) in [5.74, 6) is 0.657. The van der Waals surface area contributed by atoms with Gasteiger partial charge in [-0.15, -0.1) is 0 Å². The van der Waals surface area contributed by atoms with Gasteiger partial charge in [0.2, 0.25) is 0 Å². The third-order valence-corrected chi connectivity index (χ3v) is 2.99. The van der Waals surface area contributed by atoms with Crippen molar-refractivity contribution in [1.29, 1.82) is 0 Å². The molecule has 1 aliphatic carbocycles. The van der Waals surface area contributed by atoms with E-state index in [1.807, 2.05) is 13.0 Å². The van der Waals surface area contributed by atoms with E-state index in [1.54, 1.807) is 0 Å². The minimum absolute atomic E-state index is 0.197. The maximum Gasteiger partial charge on any atom is 0.145 e. The smallest absolute Gasteiger partial charge is 0.145 e. The normalized spacial score (nSPS) is 26.9. The Hall–Kier alpha value is -1.28. The first-order chi connectivity index (χ1) is 7.26. The molecule has 0 saturated heterocycles. The second-order valence-electron chi connectivity index (χ2n) is 4.18. The standard InChI is InChI=1S/C11H17N3O/c1-9(8-15)2-3-10-4-6-11(7-5-10)13-14-12/h2,8,10-11H,3-7H2,1H3/b9-2+. The molecule has 0 spiro atoms. The molecule has 0 unspecified atom stereocenters. The second kappa shape index (κ2) is 6.25. The molecule has 0 atom stereocenters. The molecule has 82 valence electrons. The summed E-state index contributed by atoms with van der Waals surface area (Å²) in [7, 11) is 0. The predicted octanol–water partition coefficient (Wildman–Crippen LogP) is 3.39. The summed E-state index contributed by atoms with van der Waals surface area (Å²) in [6.07, 6.45) is 8.06. The molecule has 15 heavy (non-hydrogen) atoms. The molecule has 4 nitrogen and oxygen atoms in total. The molecule has 1 saturated carbocycles. The van der Waals surface area contributed by atoms with E-state index in [4.69, 9.17) is 5.53 Å². The Labute approximate surface area is 90.0 Å². The zero-order valence-electron chi connectivity index (χ0n) is 9.09. The van der Waals surface area contributed by atoms with Crippen LogP contribution < -0.4 is 0 Å². The average molecular weight is 207 g/mol. The van der Waals surface area contributed by atoms with Gasteiger partial charge in [0.1, 0.15) is 6.29 Å². The topological polar surface area (TPSA) is 65.8 Å².